The van der Waals surface area contributed by atoms with Gasteiger partial charge in [0.15, 0.2) is 0 Å². The van der Waals surface area contributed by atoms with Crippen LogP contribution < -0.4 is 5.32 Å². The molecular formula is C16H17F3N2O2. The van der Waals surface area contributed by atoms with E-state index in [9.17, 15) is 22.8 Å². The molecule has 1 aliphatic rings. The van der Waals surface area contributed by atoms with Crippen LogP contribution in [0.25, 0.3) is 0 Å². The van der Waals surface area contributed by atoms with Gasteiger partial charge in [-0.1, -0.05) is 12.6 Å². The summed E-state index contributed by atoms with van der Waals surface area (Å²) >= 11 is 0. The number of nitrogens with one attached hydrogen (secondary N) is 1. The maximum Gasteiger partial charge on any atom is 0.416 e. The molecule has 7 heteroatoms. The third-order valence-electron chi connectivity index (χ3n) is 3.83. The fourth-order valence-electron chi connectivity index (χ4n) is 2.56. The summed E-state index contributed by atoms with van der Waals surface area (Å²) in [6.45, 7) is 5.92. The van der Waals surface area contributed by atoms with Crippen molar-refractivity contribution >= 4 is 11.8 Å². The maximum absolute atomic E-state index is 12.7. The molecule has 1 aromatic rings. The van der Waals surface area contributed by atoms with Crippen molar-refractivity contribution in [2.45, 2.75) is 25.1 Å². The minimum Gasteiger partial charge on any atom is -0.345 e. The molecule has 1 aliphatic heterocycles. The largest absolute Gasteiger partial charge is 0.416 e. The Kier molecular flexibility index (Phi) is 4.49. The molecule has 124 valence electrons. The molecule has 0 radical (unpaired) electrons. The van der Waals surface area contributed by atoms with Gasteiger partial charge in [-0.3, -0.25) is 9.59 Å². The molecule has 1 heterocycles. The molecule has 2 amide bonds. The van der Waals surface area contributed by atoms with Crippen LogP contribution in [0, 0.1) is 0 Å². The average molecular weight is 326 g/mol. The van der Waals surface area contributed by atoms with Gasteiger partial charge in [0.2, 0.25) is 5.91 Å². The van der Waals surface area contributed by atoms with Crippen LogP contribution in [0.5, 0.6) is 0 Å². The Morgan fingerprint density at radius 1 is 1.39 bits per heavy atom. The molecule has 1 atom stereocenters. The van der Waals surface area contributed by atoms with Crippen molar-refractivity contribution in [3.63, 3.8) is 0 Å². The second-order valence-electron chi connectivity index (χ2n) is 5.81. The van der Waals surface area contributed by atoms with Gasteiger partial charge in [0.25, 0.3) is 5.91 Å². The van der Waals surface area contributed by atoms with Crippen molar-refractivity contribution in [1.29, 1.82) is 0 Å². The molecule has 1 N–H and O–H groups in total. The lowest BCUT2D eigenvalue weighted by Crippen LogP contribution is -2.48. The lowest BCUT2D eigenvalue weighted by atomic mass is 10.0. The average Bonchev–Trinajstić information content (AvgIpc) is 2.87. The third kappa shape index (κ3) is 3.91. The molecule has 4 nitrogen and oxygen atoms in total. The summed E-state index contributed by atoms with van der Waals surface area (Å²) in [7, 11) is 0. The van der Waals surface area contributed by atoms with E-state index in [1.165, 1.54) is 18.2 Å². The van der Waals surface area contributed by atoms with Crippen molar-refractivity contribution in [2.24, 2.45) is 0 Å². The standard InChI is InChI=1S/C16H17F3N2O2/c1-3-13(22)21-8-7-15(2,10-21)20-14(23)11-5-4-6-12(9-11)16(17,18)19/h3-6,9H,1,7-8,10H2,2H3,(H,20,23). The van der Waals surface area contributed by atoms with Crippen LogP contribution in [0.3, 0.4) is 0 Å². The van der Waals surface area contributed by atoms with E-state index in [-0.39, 0.29) is 11.5 Å². The topological polar surface area (TPSA) is 49.4 Å². The number of nitrogens with zero attached hydrogens (tertiary/aromatic N) is 1. The molecule has 0 spiro atoms. The monoisotopic (exact) mass is 326 g/mol. The number of carbonyl (C=O) groups excluding carboxylic acids is 2. The van der Waals surface area contributed by atoms with Gasteiger partial charge in [-0.05, 0) is 37.6 Å². The van der Waals surface area contributed by atoms with E-state index in [1.54, 1.807) is 11.8 Å². The Labute approximate surface area is 132 Å². The number of halogens is 3. The van der Waals surface area contributed by atoms with Crippen LogP contribution in [-0.2, 0) is 11.0 Å². The van der Waals surface area contributed by atoms with E-state index >= 15 is 0 Å². The summed E-state index contributed by atoms with van der Waals surface area (Å²) in [5.74, 6) is -0.825. The maximum atomic E-state index is 12.7. The SMILES string of the molecule is C=CC(=O)N1CCC(C)(NC(=O)c2cccc(C(F)(F)F)c2)C1. The van der Waals surface area contributed by atoms with Crippen LogP contribution in [-0.4, -0.2) is 35.3 Å². The van der Waals surface area contributed by atoms with Crippen molar-refractivity contribution in [1.82, 2.24) is 10.2 Å². The first-order valence-corrected chi connectivity index (χ1v) is 7.06. The zero-order chi connectivity index (χ0) is 17.3. The number of likely N-dealkylation sites (tertiary alicyclic amines) is 1. The summed E-state index contributed by atoms with van der Waals surface area (Å²) in [6, 6.07) is 4.26. The first-order valence-electron chi connectivity index (χ1n) is 7.06. The molecule has 2 rings (SSSR count). The Balaban J connectivity index is 2.11. The Morgan fingerprint density at radius 3 is 2.70 bits per heavy atom. The molecule has 1 saturated heterocycles. The number of amides is 2. The second kappa shape index (κ2) is 6.06. The summed E-state index contributed by atoms with van der Waals surface area (Å²) in [6.07, 6.45) is -2.78. The van der Waals surface area contributed by atoms with Crippen molar-refractivity contribution in [3.05, 3.63) is 48.0 Å². The lowest BCUT2D eigenvalue weighted by molar-refractivity contribution is -0.137. The van der Waals surface area contributed by atoms with Gasteiger partial charge in [-0.2, -0.15) is 13.2 Å². The fourth-order valence-corrected chi connectivity index (χ4v) is 2.56. The summed E-state index contributed by atoms with van der Waals surface area (Å²) in [5, 5.41) is 2.72. The number of rotatable bonds is 3. The fraction of sp³-hybridized carbons (Fsp3) is 0.375. The van der Waals surface area contributed by atoms with E-state index in [0.717, 1.165) is 12.1 Å². The summed E-state index contributed by atoms with van der Waals surface area (Å²) in [5.41, 5.74) is -1.61. The first-order chi connectivity index (χ1) is 10.6. The molecule has 1 unspecified atom stereocenters. The number of benzene rings is 1. The molecule has 0 aliphatic carbocycles. The molecule has 0 aromatic heterocycles. The lowest BCUT2D eigenvalue weighted by Gasteiger charge is -2.26. The molecule has 1 fully saturated rings. The van der Waals surface area contributed by atoms with Crippen LogP contribution >= 0.6 is 0 Å². The van der Waals surface area contributed by atoms with E-state index < -0.39 is 23.2 Å². The summed E-state index contributed by atoms with van der Waals surface area (Å²) < 4.78 is 38.1. The molecule has 1 aromatic carbocycles. The van der Waals surface area contributed by atoms with E-state index in [0.29, 0.717) is 19.5 Å². The molecular weight excluding hydrogens is 309 g/mol. The second-order valence-corrected chi connectivity index (χ2v) is 5.81. The van der Waals surface area contributed by atoms with Gasteiger partial charge < -0.3 is 10.2 Å². The highest BCUT2D eigenvalue weighted by atomic mass is 19.4. The van der Waals surface area contributed by atoms with Crippen molar-refractivity contribution in [2.75, 3.05) is 13.1 Å². The van der Waals surface area contributed by atoms with Crippen molar-refractivity contribution in [3.8, 4) is 0 Å². The molecule has 0 saturated carbocycles. The summed E-state index contributed by atoms with van der Waals surface area (Å²) in [4.78, 5) is 25.4. The van der Waals surface area contributed by atoms with Gasteiger partial charge in [-0.15, -0.1) is 0 Å². The number of carbonyl (C=O) groups is 2. The number of hydrogen-bond acceptors (Lipinski definition) is 2. The van der Waals surface area contributed by atoms with Crippen LogP contribution in [0.2, 0.25) is 0 Å². The van der Waals surface area contributed by atoms with Crippen LogP contribution in [0.1, 0.15) is 29.3 Å². The van der Waals surface area contributed by atoms with Crippen LogP contribution in [0.15, 0.2) is 36.9 Å². The van der Waals surface area contributed by atoms with Gasteiger partial charge in [0.1, 0.15) is 0 Å². The highest BCUT2D eigenvalue weighted by Gasteiger charge is 2.37. The smallest absolute Gasteiger partial charge is 0.345 e. The van der Waals surface area contributed by atoms with Gasteiger partial charge in [-0.25, -0.2) is 0 Å². The molecule has 0 bridgehead atoms. The van der Waals surface area contributed by atoms with E-state index in [1.807, 2.05) is 0 Å². The predicted octanol–water partition coefficient (Wildman–Crippen LogP) is 2.61. The number of hydrogen-bond donors (Lipinski definition) is 1. The van der Waals surface area contributed by atoms with Gasteiger partial charge in [0, 0.05) is 18.7 Å². The van der Waals surface area contributed by atoms with E-state index in [4.69, 9.17) is 0 Å². The Hall–Kier alpha value is -2.31. The van der Waals surface area contributed by atoms with E-state index in [2.05, 4.69) is 11.9 Å². The van der Waals surface area contributed by atoms with Gasteiger partial charge in [0.05, 0.1) is 11.1 Å². The predicted molar refractivity (Wildman–Crippen MR) is 78.7 cm³/mol. The highest BCUT2D eigenvalue weighted by Crippen LogP contribution is 2.30. The normalized spacial score (nSPS) is 21.1. The zero-order valence-corrected chi connectivity index (χ0v) is 12.6. The molecule has 23 heavy (non-hydrogen) atoms. The Morgan fingerprint density at radius 2 is 2.09 bits per heavy atom. The zero-order valence-electron chi connectivity index (χ0n) is 12.6. The first kappa shape index (κ1) is 17.1. The van der Waals surface area contributed by atoms with Crippen LogP contribution in [0.4, 0.5) is 13.2 Å². The minimum absolute atomic E-state index is 0.0606. The van der Waals surface area contributed by atoms with Gasteiger partial charge >= 0.3 is 6.18 Å². The number of alkyl halides is 3. The quantitative estimate of drug-likeness (QED) is 0.868. The van der Waals surface area contributed by atoms with Crippen molar-refractivity contribution < 1.29 is 22.8 Å². The third-order valence-corrected chi connectivity index (χ3v) is 3.83. The highest BCUT2D eigenvalue weighted by molar-refractivity contribution is 5.95. The minimum atomic E-state index is -4.50. The Bertz CT molecular complexity index is 642.